The number of halogens is 2. The lowest BCUT2D eigenvalue weighted by Crippen LogP contribution is -2.14. The number of aromatic nitrogens is 1. The number of esters is 1. The summed E-state index contributed by atoms with van der Waals surface area (Å²) in [6.45, 7) is 1.72. The molecule has 0 aliphatic carbocycles. The molecule has 0 amide bonds. The van der Waals surface area contributed by atoms with Crippen molar-refractivity contribution in [3.63, 3.8) is 0 Å². The van der Waals surface area contributed by atoms with E-state index in [1.165, 1.54) is 0 Å². The maximum absolute atomic E-state index is 12.9. The number of carbonyl (C=O) groups excluding carboxylic acids is 1. The van der Waals surface area contributed by atoms with Gasteiger partial charge in [-0.1, -0.05) is 0 Å². The molecule has 0 saturated heterocycles. The van der Waals surface area contributed by atoms with Gasteiger partial charge in [-0.05, 0) is 6.92 Å². The summed E-state index contributed by atoms with van der Waals surface area (Å²) in [5, 5.41) is 9.05. The van der Waals surface area contributed by atoms with Crippen LogP contribution >= 0.6 is 0 Å². The molecule has 0 aliphatic heterocycles. The van der Waals surface area contributed by atoms with Gasteiger partial charge in [-0.15, -0.1) is 0 Å². The molecule has 0 aromatic carbocycles. The van der Waals surface area contributed by atoms with E-state index in [0.29, 0.717) is 5.56 Å². The van der Waals surface area contributed by atoms with Gasteiger partial charge in [0.1, 0.15) is 5.69 Å². The zero-order valence-electron chi connectivity index (χ0n) is 10.3. The molecule has 7 heteroatoms. The molecule has 1 aromatic rings. The van der Waals surface area contributed by atoms with Gasteiger partial charge < -0.3 is 10.5 Å². The number of nitrogens with two attached hydrogens (primary N) is 1. The first-order chi connectivity index (χ1) is 9.04. The monoisotopic (exact) mass is 269 g/mol. The van der Waals surface area contributed by atoms with Gasteiger partial charge in [-0.25, -0.2) is 8.78 Å². The summed E-state index contributed by atoms with van der Waals surface area (Å²) >= 11 is 0. The van der Waals surface area contributed by atoms with Gasteiger partial charge in [-0.3, -0.25) is 9.78 Å². The third-order valence-electron chi connectivity index (χ3n) is 2.46. The van der Waals surface area contributed by atoms with Crippen LogP contribution in [0.3, 0.4) is 0 Å². The highest BCUT2D eigenvalue weighted by Gasteiger charge is 2.22. The first kappa shape index (κ1) is 15.0. The molecule has 0 spiro atoms. The van der Waals surface area contributed by atoms with E-state index in [-0.39, 0.29) is 24.3 Å². The normalized spacial score (nSPS) is 10.3. The second-order valence-electron chi connectivity index (χ2n) is 3.62. The second-order valence-corrected chi connectivity index (χ2v) is 3.62. The molecule has 102 valence electrons. The number of hydrogen-bond donors (Lipinski definition) is 1. The van der Waals surface area contributed by atoms with Crippen LogP contribution in [0.5, 0.6) is 0 Å². The summed E-state index contributed by atoms with van der Waals surface area (Å²) < 4.78 is 30.4. The number of pyridine rings is 1. The average molecular weight is 269 g/mol. The van der Waals surface area contributed by atoms with Crippen molar-refractivity contribution in [3.05, 3.63) is 28.6 Å². The quantitative estimate of drug-likeness (QED) is 0.817. The van der Waals surface area contributed by atoms with Gasteiger partial charge in [0.25, 0.3) is 6.43 Å². The van der Waals surface area contributed by atoms with E-state index in [2.05, 4.69) is 4.98 Å². The van der Waals surface area contributed by atoms with Gasteiger partial charge in [0.05, 0.1) is 24.7 Å². The Hall–Kier alpha value is -2.07. The summed E-state index contributed by atoms with van der Waals surface area (Å²) in [5.41, 5.74) is 5.02. The van der Waals surface area contributed by atoms with Gasteiger partial charge in [0.2, 0.25) is 0 Å². The number of carbonyl (C=O) groups is 1. The minimum absolute atomic E-state index is 0.0186. The lowest BCUT2D eigenvalue weighted by molar-refractivity contribution is -0.142. The summed E-state index contributed by atoms with van der Waals surface area (Å²) in [4.78, 5) is 15.0. The lowest BCUT2D eigenvalue weighted by Gasteiger charge is -2.12. The highest BCUT2D eigenvalue weighted by atomic mass is 19.3. The molecule has 5 nitrogen and oxygen atoms in total. The third kappa shape index (κ3) is 3.45. The molecule has 19 heavy (non-hydrogen) atoms. The van der Waals surface area contributed by atoms with Crippen molar-refractivity contribution in [2.24, 2.45) is 5.73 Å². The van der Waals surface area contributed by atoms with E-state index >= 15 is 0 Å². The van der Waals surface area contributed by atoms with Crippen molar-refractivity contribution in [1.29, 1.82) is 5.26 Å². The van der Waals surface area contributed by atoms with Crippen LogP contribution in [0, 0.1) is 11.3 Å². The molecule has 0 atom stereocenters. The van der Waals surface area contributed by atoms with Crippen LogP contribution in [0.25, 0.3) is 0 Å². The molecule has 0 unspecified atom stereocenters. The van der Waals surface area contributed by atoms with E-state index in [1.807, 2.05) is 0 Å². The van der Waals surface area contributed by atoms with E-state index < -0.39 is 24.5 Å². The van der Waals surface area contributed by atoms with Crippen molar-refractivity contribution >= 4 is 5.97 Å². The molecule has 0 radical (unpaired) electrons. The summed E-state index contributed by atoms with van der Waals surface area (Å²) in [7, 11) is 0. The molecule has 0 fully saturated rings. The zero-order valence-corrected chi connectivity index (χ0v) is 10.3. The highest BCUT2D eigenvalue weighted by Crippen LogP contribution is 2.25. The topological polar surface area (TPSA) is 89.0 Å². The number of hydrogen-bond acceptors (Lipinski definition) is 5. The smallest absolute Gasteiger partial charge is 0.310 e. The van der Waals surface area contributed by atoms with Crippen LogP contribution in [-0.4, -0.2) is 17.6 Å². The van der Waals surface area contributed by atoms with Crippen LogP contribution in [0.15, 0.2) is 6.20 Å². The molecule has 2 N–H and O–H groups in total. The molecule has 1 aromatic heterocycles. The first-order valence-electron chi connectivity index (χ1n) is 5.59. The van der Waals surface area contributed by atoms with Crippen molar-refractivity contribution in [1.82, 2.24) is 4.98 Å². The van der Waals surface area contributed by atoms with Crippen molar-refractivity contribution < 1.29 is 18.3 Å². The average Bonchev–Trinajstić information content (AvgIpc) is 2.37. The third-order valence-corrected chi connectivity index (χ3v) is 2.46. The van der Waals surface area contributed by atoms with E-state index in [4.69, 9.17) is 15.7 Å². The molecular weight excluding hydrogens is 256 g/mol. The Bertz CT molecular complexity index is 512. The SMILES string of the molecule is CCOC(=O)Cc1c(C(F)F)ncc(CN)c1C#N. The Morgan fingerprint density at radius 2 is 2.32 bits per heavy atom. The Morgan fingerprint density at radius 1 is 1.63 bits per heavy atom. The first-order valence-corrected chi connectivity index (χ1v) is 5.59. The number of nitrogens with zero attached hydrogens (tertiary/aromatic N) is 2. The van der Waals surface area contributed by atoms with Crippen LogP contribution in [0.2, 0.25) is 0 Å². The highest BCUT2D eigenvalue weighted by molar-refractivity contribution is 5.74. The van der Waals surface area contributed by atoms with Crippen molar-refractivity contribution in [2.75, 3.05) is 6.61 Å². The maximum Gasteiger partial charge on any atom is 0.310 e. The second kappa shape index (κ2) is 6.75. The molecule has 0 aliphatic rings. The predicted molar refractivity (Wildman–Crippen MR) is 62.1 cm³/mol. The largest absolute Gasteiger partial charge is 0.466 e. The van der Waals surface area contributed by atoms with Crippen LogP contribution in [0.1, 0.15) is 35.7 Å². The number of ether oxygens (including phenoxy) is 1. The molecule has 1 heterocycles. The van der Waals surface area contributed by atoms with Crippen molar-refractivity contribution in [3.8, 4) is 6.07 Å². The predicted octanol–water partition coefficient (Wildman–Crippen LogP) is 1.46. The molecule has 0 saturated carbocycles. The number of nitriles is 1. The standard InChI is InChI=1S/C12H13F2N3O2/c1-2-19-10(18)3-8-9(5-16)7(4-15)6-17-11(8)12(13)14/h6,12H,2-4,15H2,1H3. The van der Waals surface area contributed by atoms with Gasteiger partial charge in [-0.2, -0.15) is 5.26 Å². The van der Waals surface area contributed by atoms with Gasteiger partial charge >= 0.3 is 5.97 Å². The summed E-state index contributed by atoms with van der Waals surface area (Å²) in [5.74, 6) is -0.683. The Labute approximate surface area is 109 Å². The van der Waals surface area contributed by atoms with Crippen LogP contribution in [-0.2, 0) is 22.5 Å². The summed E-state index contributed by atoms with van der Waals surface area (Å²) in [6, 6.07) is 1.80. The molecule has 0 bridgehead atoms. The van der Waals surface area contributed by atoms with E-state index in [1.54, 1.807) is 13.0 Å². The molecular formula is C12H13F2N3O2. The lowest BCUT2D eigenvalue weighted by atomic mass is 9.99. The fourth-order valence-corrected chi connectivity index (χ4v) is 1.63. The van der Waals surface area contributed by atoms with Crippen LogP contribution < -0.4 is 5.73 Å². The zero-order chi connectivity index (χ0) is 14.4. The van der Waals surface area contributed by atoms with Crippen molar-refractivity contribution in [2.45, 2.75) is 26.3 Å². The Balaban J connectivity index is 3.30. The molecule has 1 rings (SSSR count). The Kier molecular flexibility index (Phi) is 5.33. The van der Waals surface area contributed by atoms with E-state index in [9.17, 15) is 13.6 Å². The maximum atomic E-state index is 12.9. The number of rotatable bonds is 5. The number of alkyl halides is 2. The minimum Gasteiger partial charge on any atom is -0.466 e. The van der Waals surface area contributed by atoms with Crippen LogP contribution in [0.4, 0.5) is 8.78 Å². The fourth-order valence-electron chi connectivity index (χ4n) is 1.63. The van der Waals surface area contributed by atoms with E-state index in [0.717, 1.165) is 6.20 Å². The fraction of sp³-hybridized carbons (Fsp3) is 0.417. The van der Waals surface area contributed by atoms with Gasteiger partial charge in [0.15, 0.2) is 0 Å². The Morgan fingerprint density at radius 3 is 2.79 bits per heavy atom. The summed E-state index contributed by atoms with van der Waals surface area (Å²) in [6.07, 6.45) is -2.16. The van der Waals surface area contributed by atoms with Gasteiger partial charge in [0, 0.05) is 23.9 Å². The minimum atomic E-state index is -2.87.